The van der Waals surface area contributed by atoms with Crippen molar-refractivity contribution in [3.63, 3.8) is 0 Å². The Morgan fingerprint density at radius 1 is 1.14 bits per heavy atom. The molecule has 6 nitrogen and oxygen atoms in total. The Kier molecular flexibility index (Phi) is 3.92. The molecule has 22 heavy (non-hydrogen) atoms. The van der Waals surface area contributed by atoms with Gasteiger partial charge in [0, 0.05) is 0 Å². The highest BCUT2D eigenvalue weighted by molar-refractivity contribution is 7.85. The van der Waals surface area contributed by atoms with Gasteiger partial charge in [0.15, 0.2) is 0 Å². The molecular formula is C14H13BO6S. The molecule has 0 fully saturated rings. The third-order valence-corrected chi connectivity index (χ3v) is 4.03. The Labute approximate surface area is 128 Å². The van der Waals surface area contributed by atoms with E-state index in [0.29, 0.717) is 22.5 Å². The molecule has 0 amide bonds. The predicted octanol–water partition coefficient (Wildman–Crippen LogP) is 1.13. The molecule has 3 rings (SSSR count). The summed E-state index contributed by atoms with van der Waals surface area (Å²) in [5.41, 5.74) is 0.951. The van der Waals surface area contributed by atoms with Crippen molar-refractivity contribution in [3.05, 3.63) is 54.1 Å². The van der Waals surface area contributed by atoms with Gasteiger partial charge < -0.3 is 14.4 Å². The fraction of sp³-hybridized carbons (Fsp3) is 0.143. The highest BCUT2D eigenvalue weighted by atomic mass is 32.2. The maximum atomic E-state index is 11.0. The van der Waals surface area contributed by atoms with Gasteiger partial charge in [0.25, 0.3) is 10.1 Å². The van der Waals surface area contributed by atoms with Crippen LogP contribution < -0.4 is 10.2 Å². The van der Waals surface area contributed by atoms with E-state index in [4.69, 9.17) is 13.9 Å². The summed E-state index contributed by atoms with van der Waals surface area (Å²) in [5, 5.41) is 9.88. The lowest BCUT2D eigenvalue weighted by molar-refractivity contribution is 0.208. The van der Waals surface area contributed by atoms with Crippen LogP contribution in [0, 0.1) is 0 Å². The molecule has 8 heteroatoms. The maximum Gasteiger partial charge on any atom is 0.492 e. The third-order valence-electron chi connectivity index (χ3n) is 3.31. The predicted molar refractivity (Wildman–Crippen MR) is 80.8 cm³/mol. The Morgan fingerprint density at radius 3 is 2.55 bits per heavy atom. The first-order chi connectivity index (χ1) is 10.4. The van der Waals surface area contributed by atoms with Gasteiger partial charge in [-0.1, -0.05) is 24.3 Å². The number of benzene rings is 2. The number of para-hydroxylation sites is 1. The van der Waals surface area contributed by atoms with E-state index in [9.17, 15) is 13.4 Å². The highest BCUT2D eigenvalue weighted by Crippen LogP contribution is 2.28. The van der Waals surface area contributed by atoms with Crippen LogP contribution in [-0.4, -0.2) is 30.9 Å². The van der Waals surface area contributed by atoms with Crippen molar-refractivity contribution in [1.82, 2.24) is 0 Å². The average molecular weight is 320 g/mol. The summed E-state index contributed by atoms with van der Waals surface area (Å²) in [6.45, 7) is 0. The zero-order valence-electron chi connectivity index (χ0n) is 11.4. The van der Waals surface area contributed by atoms with E-state index in [1.54, 1.807) is 30.3 Å². The highest BCUT2D eigenvalue weighted by Gasteiger charge is 2.37. The molecule has 0 aromatic heterocycles. The maximum absolute atomic E-state index is 11.0. The summed E-state index contributed by atoms with van der Waals surface area (Å²) in [5.74, 6) is 0.543. The van der Waals surface area contributed by atoms with Crippen LogP contribution in [0.4, 0.5) is 0 Å². The van der Waals surface area contributed by atoms with Crippen LogP contribution in [0.15, 0.2) is 48.5 Å². The molecule has 1 aliphatic rings. The van der Waals surface area contributed by atoms with Crippen LogP contribution in [0.5, 0.6) is 11.5 Å². The number of hydrogen-bond acceptors (Lipinski definition) is 5. The number of ether oxygens (including phenoxy) is 1. The summed E-state index contributed by atoms with van der Waals surface area (Å²) in [4.78, 5) is 0. The van der Waals surface area contributed by atoms with Gasteiger partial charge in [-0.25, -0.2) is 0 Å². The third kappa shape index (κ3) is 3.31. The van der Waals surface area contributed by atoms with Crippen molar-refractivity contribution in [2.24, 2.45) is 0 Å². The molecule has 0 spiro atoms. The van der Waals surface area contributed by atoms with Crippen molar-refractivity contribution < 1.29 is 27.4 Å². The minimum Gasteiger partial charge on any atom is -0.457 e. The Hall–Kier alpha value is -1.87. The second kappa shape index (κ2) is 5.73. The van der Waals surface area contributed by atoms with Crippen LogP contribution in [0.25, 0.3) is 0 Å². The van der Waals surface area contributed by atoms with E-state index in [0.717, 1.165) is 0 Å². The van der Waals surface area contributed by atoms with Gasteiger partial charge in [0.05, 0.1) is 6.10 Å². The van der Waals surface area contributed by atoms with Gasteiger partial charge in [-0.15, -0.1) is 0 Å². The van der Waals surface area contributed by atoms with E-state index in [-0.39, 0.29) is 0 Å². The van der Waals surface area contributed by atoms with E-state index in [1.807, 2.05) is 18.2 Å². The second-order valence-corrected chi connectivity index (χ2v) is 6.43. The van der Waals surface area contributed by atoms with Crippen molar-refractivity contribution >= 4 is 22.7 Å². The monoisotopic (exact) mass is 320 g/mol. The summed E-state index contributed by atoms with van der Waals surface area (Å²) in [6, 6.07) is 14.0. The Balaban J connectivity index is 1.86. The van der Waals surface area contributed by atoms with Crippen LogP contribution in [0.1, 0.15) is 11.7 Å². The van der Waals surface area contributed by atoms with Gasteiger partial charge in [-0.3, -0.25) is 4.55 Å². The van der Waals surface area contributed by atoms with E-state index >= 15 is 0 Å². The zero-order valence-corrected chi connectivity index (χ0v) is 12.2. The lowest BCUT2D eigenvalue weighted by Crippen LogP contribution is -2.28. The molecule has 2 aromatic rings. The van der Waals surface area contributed by atoms with Crippen LogP contribution in [-0.2, 0) is 14.8 Å². The van der Waals surface area contributed by atoms with Crippen molar-refractivity contribution in [3.8, 4) is 11.5 Å². The molecule has 1 heterocycles. The zero-order chi connectivity index (χ0) is 15.7. The topological polar surface area (TPSA) is 93.1 Å². The number of hydrogen-bond donors (Lipinski definition) is 2. The van der Waals surface area contributed by atoms with E-state index in [1.165, 1.54) is 0 Å². The average Bonchev–Trinajstić information content (AvgIpc) is 2.74. The largest absolute Gasteiger partial charge is 0.492 e. The van der Waals surface area contributed by atoms with Crippen molar-refractivity contribution in [2.45, 2.75) is 6.10 Å². The molecule has 0 aliphatic carbocycles. The molecule has 0 bridgehead atoms. The second-order valence-electron chi connectivity index (χ2n) is 4.93. The molecule has 0 saturated carbocycles. The fourth-order valence-electron chi connectivity index (χ4n) is 2.37. The molecule has 1 atom stereocenters. The van der Waals surface area contributed by atoms with Gasteiger partial charge in [-0.2, -0.15) is 8.42 Å². The van der Waals surface area contributed by atoms with Gasteiger partial charge >= 0.3 is 7.12 Å². The number of fused-ring (bicyclic) bond motifs is 1. The SMILES string of the molecule is O=S(=O)(O)CC1OB(O)c2cc(Oc3ccccc3)ccc21. The Morgan fingerprint density at radius 2 is 1.86 bits per heavy atom. The van der Waals surface area contributed by atoms with Crippen molar-refractivity contribution in [2.75, 3.05) is 5.75 Å². The molecule has 1 unspecified atom stereocenters. The smallest absolute Gasteiger partial charge is 0.457 e. The first kappa shape index (κ1) is 15.0. The first-order valence-electron chi connectivity index (χ1n) is 6.58. The van der Waals surface area contributed by atoms with Crippen LogP contribution >= 0.6 is 0 Å². The molecule has 114 valence electrons. The van der Waals surface area contributed by atoms with Gasteiger partial charge in [0.1, 0.15) is 17.3 Å². The first-order valence-corrected chi connectivity index (χ1v) is 8.19. The molecule has 2 aromatic carbocycles. The van der Waals surface area contributed by atoms with E-state index < -0.39 is 29.1 Å². The minimum atomic E-state index is -4.20. The standard InChI is InChI=1S/C14H13BO6S/c16-15-13-8-11(20-10-4-2-1-3-5-10)6-7-12(13)14(21-15)9-22(17,18)19/h1-8,14,16H,9H2,(H,17,18,19). The van der Waals surface area contributed by atoms with E-state index in [2.05, 4.69) is 0 Å². The lowest BCUT2D eigenvalue weighted by atomic mass is 9.79. The summed E-state index contributed by atoms with van der Waals surface area (Å²) in [7, 11) is -5.45. The molecule has 0 radical (unpaired) electrons. The molecule has 2 N–H and O–H groups in total. The molecule has 0 saturated heterocycles. The van der Waals surface area contributed by atoms with Crippen molar-refractivity contribution in [1.29, 1.82) is 0 Å². The molecular weight excluding hydrogens is 307 g/mol. The summed E-state index contributed by atoms with van der Waals surface area (Å²) >= 11 is 0. The fourth-order valence-corrected chi connectivity index (χ4v) is 3.01. The summed E-state index contributed by atoms with van der Waals surface area (Å²) < 4.78 is 41.7. The molecule has 1 aliphatic heterocycles. The lowest BCUT2D eigenvalue weighted by Gasteiger charge is -2.10. The van der Waals surface area contributed by atoms with Crippen LogP contribution in [0.2, 0.25) is 0 Å². The van der Waals surface area contributed by atoms with Crippen LogP contribution in [0.3, 0.4) is 0 Å². The summed E-state index contributed by atoms with van der Waals surface area (Å²) in [6.07, 6.45) is -0.897. The minimum absolute atomic E-state index is 0.432. The van der Waals surface area contributed by atoms with Gasteiger partial charge in [-0.05, 0) is 35.3 Å². The Bertz CT molecular complexity index is 777. The quantitative estimate of drug-likeness (QED) is 0.648. The number of rotatable bonds is 4. The normalized spacial score (nSPS) is 17.4. The van der Waals surface area contributed by atoms with Gasteiger partial charge in [0.2, 0.25) is 0 Å².